The minimum absolute atomic E-state index is 0.0469. The van der Waals surface area contributed by atoms with E-state index in [1.165, 1.54) is 6.07 Å². The van der Waals surface area contributed by atoms with Crippen LogP contribution in [0.3, 0.4) is 0 Å². The Morgan fingerprint density at radius 1 is 1.24 bits per heavy atom. The van der Waals surface area contributed by atoms with Crippen LogP contribution in [0.15, 0.2) is 18.2 Å². The van der Waals surface area contributed by atoms with Gasteiger partial charge in [-0.25, -0.2) is 4.39 Å². The van der Waals surface area contributed by atoms with Crippen molar-refractivity contribution in [2.45, 2.75) is 44.3 Å². The number of hydrogen-bond acceptors (Lipinski definition) is 2. The second-order valence-electron chi connectivity index (χ2n) is 4.41. The van der Waals surface area contributed by atoms with Crippen molar-refractivity contribution in [2.75, 3.05) is 0 Å². The summed E-state index contributed by atoms with van der Waals surface area (Å²) < 4.78 is 19.2. The van der Waals surface area contributed by atoms with Crippen molar-refractivity contribution < 1.29 is 14.2 Å². The highest BCUT2D eigenvalue weighted by Gasteiger charge is 2.24. The van der Waals surface area contributed by atoms with E-state index in [0.29, 0.717) is 6.42 Å². The minimum atomic E-state index is -0.550. The van der Waals surface area contributed by atoms with Gasteiger partial charge in [-0.15, -0.1) is 0 Å². The summed E-state index contributed by atoms with van der Waals surface area (Å²) in [5.74, 6) is -0.422. The van der Waals surface area contributed by atoms with E-state index in [1.807, 2.05) is 0 Å². The lowest BCUT2D eigenvalue weighted by Crippen LogP contribution is -2.30. The Kier molecular flexibility index (Phi) is 4.24. The Morgan fingerprint density at radius 3 is 2.82 bits per heavy atom. The standard InChI is InChI=1S/C13H16ClFO2/c14-9-5-4-8-12(13(9)15)17-11-7-3-1-2-6-10(11)16/h4-5,8,10-11,16H,1-3,6-7H2. The summed E-state index contributed by atoms with van der Waals surface area (Å²) in [6.45, 7) is 0. The average Bonchev–Trinajstić information content (AvgIpc) is 2.51. The molecule has 1 aliphatic carbocycles. The van der Waals surface area contributed by atoms with E-state index in [9.17, 15) is 9.50 Å². The topological polar surface area (TPSA) is 29.5 Å². The zero-order chi connectivity index (χ0) is 12.3. The molecule has 0 heterocycles. The normalized spacial score (nSPS) is 25.4. The van der Waals surface area contributed by atoms with Gasteiger partial charge >= 0.3 is 0 Å². The van der Waals surface area contributed by atoms with E-state index in [1.54, 1.807) is 12.1 Å². The van der Waals surface area contributed by atoms with Crippen LogP contribution < -0.4 is 4.74 Å². The van der Waals surface area contributed by atoms with Crippen LogP contribution >= 0.6 is 11.6 Å². The second-order valence-corrected chi connectivity index (χ2v) is 4.82. The van der Waals surface area contributed by atoms with E-state index in [0.717, 1.165) is 25.7 Å². The number of ether oxygens (including phenoxy) is 1. The summed E-state index contributed by atoms with van der Waals surface area (Å²) in [4.78, 5) is 0. The summed E-state index contributed by atoms with van der Waals surface area (Å²) in [6.07, 6.45) is 3.72. The summed E-state index contributed by atoms with van der Waals surface area (Å²) in [5.41, 5.74) is 0. The fraction of sp³-hybridized carbons (Fsp3) is 0.538. The maximum Gasteiger partial charge on any atom is 0.183 e. The SMILES string of the molecule is OC1CCCCCC1Oc1cccc(Cl)c1F. The summed E-state index contributed by atoms with van der Waals surface area (Å²) >= 11 is 5.68. The lowest BCUT2D eigenvalue weighted by molar-refractivity contribution is 0.0298. The Balaban J connectivity index is 2.10. The molecule has 0 bridgehead atoms. The molecule has 1 N–H and O–H groups in total. The fourth-order valence-corrected chi connectivity index (χ4v) is 2.30. The number of benzene rings is 1. The smallest absolute Gasteiger partial charge is 0.183 e. The molecule has 94 valence electrons. The van der Waals surface area contributed by atoms with E-state index in [4.69, 9.17) is 16.3 Å². The molecular formula is C13H16ClFO2. The second kappa shape index (κ2) is 5.69. The number of aliphatic hydroxyl groups excluding tert-OH is 1. The highest BCUT2D eigenvalue weighted by molar-refractivity contribution is 6.30. The van der Waals surface area contributed by atoms with Gasteiger partial charge in [0.25, 0.3) is 0 Å². The molecule has 1 fully saturated rings. The van der Waals surface area contributed by atoms with Gasteiger partial charge in [0, 0.05) is 0 Å². The number of halogens is 2. The van der Waals surface area contributed by atoms with Crippen LogP contribution in [0.25, 0.3) is 0 Å². The van der Waals surface area contributed by atoms with Gasteiger partial charge in [0.2, 0.25) is 0 Å². The van der Waals surface area contributed by atoms with Crippen molar-refractivity contribution in [2.24, 2.45) is 0 Å². The summed E-state index contributed by atoms with van der Waals surface area (Å²) in [5, 5.41) is 9.94. The van der Waals surface area contributed by atoms with Crippen LogP contribution in [0, 0.1) is 5.82 Å². The molecular weight excluding hydrogens is 243 g/mol. The maximum atomic E-state index is 13.6. The lowest BCUT2D eigenvalue weighted by atomic mass is 10.1. The molecule has 0 aromatic heterocycles. The molecule has 2 rings (SSSR count). The third-order valence-corrected chi connectivity index (χ3v) is 3.40. The first-order chi connectivity index (χ1) is 8.18. The van der Waals surface area contributed by atoms with Gasteiger partial charge in [0.15, 0.2) is 11.6 Å². The Bertz CT molecular complexity index is 384. The predicted molar refractivity (Wildman–Crippen MR) is 64.9 cm³/mol. The lowest BCUT2D eigenvalue weighted by Gasteiger charge is -2.22. The zero-order valence-electron chi connectivity index (χ0n) is 9.53. The van der Waals surface area contributed by atoms with Gasteiger partial charge in [0.1, 0.15) is 6.10 Å². The predicted octanol–water partition coefficient (Wildman–Crippen LogP) is 3.55. The fourth-order valence-electron chi connectivity index (χ4n) is 2.13. The molecule has 1 saturated carbocycles. The number of hydrogen-bond donors (Lipinski definition) is 1. The quantitative estimate of drug-likeness (QED) is 0.822. The van der Waals surface area contributed by atoms with E-state index < -0.39 is 11.9 Å². The van der Waals surface area contributed by atoms with Gasteiger partial charge in [-0.05, 0) is 31.4 Å². The third-order valence-electron chi connectivity index (χ3n) is 3.11. The monoisotopic (exact) mass is 258 g/mol. The van der Waals surface area contributed by atoms with E-state index in [2.05, 4.69) is 0 Å². The van der Waals surface area contributed by atoms with Crippen LogP contribution in [0.2, 0.25) is 5.02 Å². The molecule has 1 aromatic carbocycles. The summed E-state index contributed by atoms with van der Waals surface area (Å²) in [7, 11) is 0. The first kappa shape index (κ1) is 12.7. The average molecular weight is 259 g/mol. The largest absolute Gasteiger partial charge is 0.485 e. The molecule has 0 aliphatic heterocycles. The van der Waals surface area contributed by atoms with E-state index >= 15 is 0 Å². The van der Waals surface area contributed by atoms with Crippen LogP contribution in [0.4, 0.5) is 4.39 Å². The third kappa shape index (κ3) is 3.11. The first-order valence-corrected chi connectivity index (χ1v) is 6.35. The van der Waals surface area contributed by atoms with Crippen molar-refractivity contribution in [3.8, 4) is 5.75 Å². The molecule has 0 saturated heterocycles. The van der Waals surface area contributed by atoms with Gasteiger partial charge < -0.3 is 9.84 Å². The molecule has 1 aliphatic rings. The van der Waals surface area contributed by atoms with Crippen LogP contribution in [-0.2, 0) is 0 Å². The first-order valence-electron chi connectivity index (χ1n) is 5.97. The molecule has 2 nitrogen and oxygen atoms in total. The van der Waals surface area contributed by atoms with Crippen molar-refractivity contribution in [1.82, 2.24) is 0 Å². The van der Waals surface area contributed by atoms with Crippen LogP contribution in [0.1, 0.15) is 32.1 Å². The van der Waals surface area contributed by atoms with Crippen molar-refractivity contribution in [1.29, 1.82) is 0 Å². The van der Waals surface area contributed by atoms with Crippen molar-refractivity contribution >= 4 is 11.6 Å². The summed E-state index contributed by atoms with van der Waals surface area (Å²) in [6, 6.07) is 4.66. The molecule has 17 heavy (non-hydrogen) atoms. The molecule has 2 unspecified atom stereocenters. The Morgan fingerprint density at radius 2 is 2.00 bits per heavy atom. The van der Waals surface area contributed by atoms with Gasteiger partial charge in [0.05, 0.1) is 11.1 Å². The van der Waals surface area contributed by atoms with E-state index in [-0.39, 0.29) is 16.9 Å². The highest BCUT2D eigenvalue weighted by atomic mass is 35.5. The van der Waals surface area contributed by atoms with Crippen LogP contribution in [-0.4, -0.2) is 17.3 Å². The molecule has 0 radical (unpaired) electrons. The van der Waals surface area contributed by atoms with Crippen molar-refractivity contribution in [3.05, 3.63) is 29.0 Å². The molecule has 0 amide bonds. The maximum absolute atomic E-state index is 13.6. The Labute approximate surface area is 105 Å². The van der Waals surface area contributed by atoms with Gasteiger partial charge in [-0.3, -0.25) is 0 Å². The zero-order valence-corrected chi connectivity index (χ0v) is 10.3. The molecule has 1 aromatic rings. The van der Waals surface area contributed by atoms with Crippen LogP contribution in [0.5, 0.6) is 5.75 Å². The number of rotatable bonds is 2. The molecule has 0 spiro atoms. The van der Waals surface area contributed by atoms with Gasteiger partial charge in [-0.1, -0.05) is 30.5 Å². The molecule has 2 atom stereocenters. The number of aliphatic hydroxyl groups is 1. The highest BCUT2D eigenvalue weighted by Crippen LogP contribution is 2.28. The molecule has 4 heteroatoms. The Hall–Kier alpha value is -0.800. The minimum Gasteiger partial charge on any atom is -0.485 e. The van der Waals surface area contributed by atoms with Gasteiger partial charge in [-0.2, -0.15) is 0 Å². The van der Waals surface area contributed by atoms with Crippen molar-refractivity contribution in [3.63, 3.8) is 0 Å².